The third-order valence-electron chi connectivity index (χ3n) is 3.60. The molecular weight excluding hydrogens is 262 g/mol. The van der Waals surface area contributed by atoms with Gasteiger partial charge in [-0.25, -0.2) is 0 Å². The number of rotatable bonds is 4. The molecule has 0 fully saturated rings. The van der Waals surface area contributed by atoms with Gasteiger partial charge in [-0.15, -0.1) is 0 Å². The Bertz CT molecular complexity index is 649. The Morgan fingerprint density at radius 2 is 1.86 bits per heavy atom. The maximum atomic E-state index is 12.4. The van der Waals surface area contributed by atoms with Gasteiger partial charge < -0.3 is 10.1 Å². The van der Waals surface area contributed by atoms with Crippen molar-refractivity contribution in [3.05, 3.63) is 64.7 Å². The van der Waals surface area contributed by atoms with Crippen molar-refractivity contribution in [3.8, 4) is 5.75 Å². The minimum Gasteiger partial charge on any atom is -0.496 e. The quantitative estimate of drug-likeness (QED) is 0.926. The van der Waals surface area contributed by atoms with E-state index < -0.39 is 0 Å². The van der Waals surface area contributed by atoms with Crippen molar-refractivity contribution in [2.45, 2.75) is 26.8 Å². The second kappa shape index (κ2) is 6.44. The molecule has 2 aromatic carbocycles. The van der Waals surface area contributed by atoms with Crippen LogP contribution >= 0.6 is 0 Å². The number of methoxy groups -OCH3 is 1. The molecule has 0 unspecified atom stereocenters. The van der Waals surface area contributed by atoms with Crippen molar-refractivity contribution in [2.75, 3.05) is 7.11 Å². The molecule has 1 amide bonds. The molecule has 2 rings (SSSR count). The molecule has 0 spiro atoms. The molecule has 0 aliphatic rings. The summed E-state index contributed by atoms with van der Waals surface area (Å²) in [6.07, 6.45) is 0. The summed E-state index contributed by atoms with van der Waals surface area (Å²) in [5, 5.41) is 3.04. The zero-order chi connectivity index (χ0) is 15.4. The van der Waals surface area contributed by atoms with Crippen molar-refractivity contribution < 1.29 is 9.53 Å². The predicted molar refractivity (Wildman–Crippen MR) is 84.8 cm³/mol. The summed E-state index contributed by atoms with van der Waals surface area (Å²) in [6, 6.07) is 13.5. The van der Waals surface area contributed by atoms with Crippen LogP contribution in [0.5, 0.6) is 5.75 Å². The van der Waals surface area contributed by atoms with Gasteiger partial charge in [0.2, 0.25) is 0 Å². The van der Waals surface area contributed by atoms with Crippen LogP contribution < -0.4 is 10.1 Å². The van der Waals surface area contributed by atoms with Gasteiger partial charge in [0, 0.05) is 0 Å². The van der Waals surface area contributed by atoms with Crippen LogP contribution in [0.4, 0.5) is 0 Å². The first-order valence-electron chi connectivity index (χ1n) is 7.04. The number of aryl methyl sites for hydroxylation is 2. The summed E-state index contributed by atoms with van der Waals surface area (Å²) >= 11 is 0. The van der Waals surface area contributed by atoms with Gasteiger partial charge in [0.25, 0.3) is 5.91 Å². The standard InChI is InChI=1S/C18H21NO2/c1-12-9-10-13(2)16(11-12)14(3)19-18(20)15-7-5-6-8-17(15)21-4/h5-11,14H,1-4H3,(H,19,20)/t14-/m0/s1. The Morgan fingerprint density at radius 1 is 1.14 bits per heavy atom. The van der Waals surface area contributed by atoms with Crippen molar-refractivity contribution in [2.24, 2.45) is 0 Å². The lowest BCUT2D eigenvalue weighted by molar-refractivity contribution is 0.0937. The molecule has 0 heterocycles. The summed E-state index contributed by atoms with van der Waals surface area (Å²) in [5.74, 6) is 0.462. The first-order chi connectivity index (χ1) is 10.0. The fourth-order valence-electron chi connectivity index (χ4n) is 2.41. The zero-order valence-corrected chi connectivity index (χ0v) is 12.9. The van der Waals surface area contributed by atoms with Crippen LogP contribution in [0.2, 0.25) is 0 Å². The highest BCUT2D eigenvalue weighted by atomic mass is 16.5. The van der Waals surface area contributed by atoms with E-state index >= 15 is 0 Å². The lowest BCUT2D eigenvalue weighted by Crippen LogP contribution is -2.27. The predicted octanol–water partition coefficient (Wildman–Crippen LogP) is 3.80. The lowest BCUT2D eigenvalue weighted by Gasteiger charge is -2.18. The molecule has 0 aliphatic carbocycles. The third-order valence-corrected chi connectivity index (χ3v) is 3.60. The molecule has 0 saturated carbocycles. The molecule has 2 aromatic rings. The maximum Gasteiger partial charge on any atom is 0.255 e. The average molecular weight is 283 g/mol. The second-order valence-electron chi connectivity index (χ2n) is 5.26. The highest BCUT2D eigenvalue weighted by Gasteiger charge is 2.16. The average Bonchev–Trinajstić information content (AvgIpc) is 2.49. The lowest BCUT2D eigenvalue weighted by atomic mass is 9.99. The molecule has 0 radical (unpaired) electrons. The van der Waals surface area contributed by atoms with Crippen molar-refractivity contribution in [3.63, 3.8) is 0 Å². The van der Waals surface area contributed by atoms with Gasteiger partial charge in [0.1, 0.15) is 5.75 Å². The van der Waals surface area contributed by atoms with Gasteiger partial charge in [-0.05, 0) is 44.0 Å². The normalized spacial score (nSPS) is 11.8. The van der Waals surface area contributed by atoms with Crippen LogP contribution in [0.1, 0.15) is 40.0 Å². The molecular formula is C18H21NO2. The number of carbonyl (C=O) groups is 1. The van der Waals surface area contributed by atoms with Crippen molar-refractivity contribution >= 4 is 5.91 Å². The minimum absolute atomic E-state index is 0.0534. The van der Waals surface area contributed by atoms with Gasteiger partial charge in [-0.3, -0.25) is 4.79 Å². The maximum absolute atomic E-state index is 12.4. The largest absolute Gasteiger partial charge is 0.496 e. The molecule has 3 heteroatoms. The number of hydrogen-bond acceptors (Lipinski definition) is 2. The Morgan fingerprint density at radius 3 is 2.57 bits per heavy atom. The van der Waals surface area contributed by atoms with Gasteiger partial charge in [-0.1, -0.05) is 35.9 Å². The zero-order valence-electron chi connectivity index (χ0n) is 12.9. The first-order valence-corrected chi connectivity index (χ1v) is 7.04. The van der Waals surface area contributed by atoms with E-state index in [9.17, 15) is 4.79 Å². The van der Waals surface area contributed by atoms with Crippen LogP contribution in [0.25, 0.3) is 0 Å². The number of hydrogen-bond donors (Lipinski definition) is 1. The van der Waals surface area contributed by atoms with E-state index in [4.69, 9.17) is 4.74 Å². The SMILES string of the molecule is COc1ccccc1C(=O)N[C@@H](C)c1cc(C)ccc1C. The van der Waals surface area contributed by atoms with E-state index in [0.717, 1.165) is 5.56 Å². The molecule has 3 nitrogen and oxygen atoms in total. The smallest absolute Gasteiger partial charge is 0.255 e. The van der Waals surface area contributed by atoms with Crippen LogP contribution in [-0.4, -0.2) is 13.0 Å². The molecule has 110 valence electrons. The van der Waals surface area contributed by atoms with E-state index in [1.165, 1.54) is 11.1 Å². The Hall–Kier alpha value is -2.29. The molecule has 0 aliphatic heterocycles. The van der Waals surface area contributed by atoms with Gasteiger partial charge >= 0.3 is 0 Å². The van der Waals surface area contributed by atoms with E-state index in [1.807, 2.05) is 19.1 Å². The Balaban J connectivity index is 2.21. The molecule has 0 bridgehead atoms. The van der Waals surface area contributed by atoms with Crippen LogP contribution in [0, 0.1) is 13.8 Å². The summed E-state index contributed by atoms with van der Waals surface area (Å²) in [6.45, 7) is 6.10. The Kier molecular flexibility index (Phi) is 4.63. The molecule has 21 heavy (non-hydrogen) atoms. The molecule has 0 aromatic heterocycles. The number of nitrogens with one attached hydrogen (secondary N) is 1. The van der Waals surface area contributed by atoms with Gasteiger partial charge in [0.15, 0.2) is 0 Å². The number of para-hydroxylation sites is 1. The van der Waals surface area contributed by atoms with Crippen LogP contribution in [-0.2, 0) is 0 Å². The topological polar surface area (TPSA) is 38.3 Å². The number of ether oxygens (including phenoxy) is 1. The number of benzene rings is 2. The minimum atomic E-state index is -0.124. The van der Waals surface area contributed by atoms with Crippen LogP contribution in [0.15, 0.2) is 42.5 Å². The van der Waals surface area contributed by atoms with Crippen molar-refractivity contribution in [1.29, 1.82) is 0 Å². The molecule has 1 N–H and O–H groups in total. The van der Waals surface area contributed by atoms with E-state index in [2.05, 4.69) is 37.4 Å². The highest BCUT2D eigenvalue weighted by Crippen LogP contribution is 2.21. The van der Waals surface area contributed by atoms with E-state index in [-0.39, 0.29) is 11.9 Å². The fraction of sp³-hybridized carbons (Fsp3) is 0.278. The van der Waals surface area contributed by atoms with E-state index in [1.54, 1.807) is 19.2 Å². The Labute approximate surface area is 126 Å². The summed E-state index contributed by atoms with van der Waals surface area (Å²) in [7, 11) is 1.57. The molecule has 0 saturated heterocycles. The summed E-state index contributed by atoms with van der Waals surface area (Å²) < 4.78 is 5.24. The van der Waals surface area contributed by atoms with Gasteiger partial charge in [-0.2, -0.15) is 0 Å². The highest BCUT2D eigenvalue weighted by molar-refractivity contribution is 5.97. The number of carbonyl (C=O) groups excluding carboxylic acids is 1. The molecule has 1 atom stereocenters. The second-order valence-corrected chi connectivity index (χ2v) is 5.26. The summed E-state index contributed by atoms with van der Waals surface area (Å²) in [4.78, 5) is 12.4. The third kappa shape index (κ3) is 3.43. The fourth-order valence-corrected chi connectivity index (χ4v) is 2.41. The van der Waals surface area contributed by atoms with Crippen molar-refractivity contribution in [1.82, 2.24) is 5.32 Å². The van der Waals surface area contributed by atoms with Gasteiger partial charge in [0.05, 0.1) is 18.7 Å². The monoisotopic (exact) mass is 283 g/mol. The van der Waals surface area contributed by atoms with E-state index in [0.29, 0.717) is 11.3 Å². The first kappa shape index (κ1) is 15.1. The summed E-state index contributed by atoms with van der Waals surface area (Å²) in [5.41, 5.74) is 4.05. The number of amides is 1. The van der Waals surface area contributed by atoms with Crippen LogP contribution in [0.3, 0.4) is 0 Å².